The summed E-state index contributed by atoms with van der Waals surface area (Å²) in [4.78, 5) is 26.6. The third kappa shape index (κ3) is 4.84. The van der Waals surface area contributed by atoms with Crippen molar-refractivity contribution in [1.82, 2.24) is 15.5 Å². The minimum absolute atomic E-state index is 0.0310. The maximum Gasteiger partial charge on any atom is 0.317 e. The fraction of sp³-hybridized carbons (Fsp3) is 0.600. The number of fused-ring (bicyclic) bond motifs is 1. The van der Waals surface area contributed by atoms with Crippen LogP contribution < -0.4 is 20.1 Å². The summed E-state index contributed by atoms with van der Waals surface area (Å²) in [6.45, 7) is 7.29. The van der Waals surface area contributed by atoms with E-state index in [2.05, 4.69) is 10.6 Å². The Hall–Kier alpha value is -2.44. The van der Waals surface area contributed by atoms with E-state index in [1.165, 1.54) is 0 Å². The van der Waals surface area contributed by atoms with Gasteiger partial charge in [0.15, 0.2) is 11.5 Å². The Morgan fingerprint density at radius 2 is 1.85 bits per heavy atom. The predicted molar refractivity (Wildman–Crippen MR) is 104 cm³/mol. The van der Waals surface area contributed by atoms with Crippen LogP contribution in [0.1, 0.15) is 44.4 Å². The van der Waals surface area contributed by atoms with Gasteiger partial charge in [0.1, 0.15) is 0 Å². The number of rotatable bonds is 7. The Bertz CT molecular complexity index is 675. The van der Waals surface area contributed by atoms with Crippen LogP contribution in [0.5, 0.6) is 11.5 Å². The van der Waals surface area contributed by atoms with Crippen molar-refractivity contribution in [2.75, 3.05) is 33.9 Å². The summed E-state index contributed by atoms with van der Waals surface area (Å²) in [6.07, 6.45) is 1.60. The molecule has 0 aromatic heterocycles. The number of ether oxygens (including phenoxy) is 2. The second-order valence-electron chi connectivity index (χ2n) is 7.00. The van der Waals surface area contributed by atoms with Gasteiger partial charge in [-0.05, 0) is 36.1 Å². The van der Waals surface area contributed by atoms with Crippen molar-refractivity contribution in [2.45, 2.75) is 39.7 Å². The number of carbonyl (C=O) groups is 2. The second-order valence-corrected chi connectivity index (χ2v) is 7.00. The van der Waals surface area contributed by atoms with E-state index in [0.29, 0.717) is 31.1 Å². The summed E-state index contributed by atoms with van der Waals surface area (Å²) >= 11 is 0. The first-order valence-corrected chi connectivity index (χ1v) is 9.49. The fourth-order valence-electron chi connectivity index (χ4n) is 3.23. The zero-order valence-electron chi connectivity index (χ0n) is 16.9. The molecule has 0 saturated carbocycles. The van der Waals surface area contributed by atoms with Crippen molar-refractivity contribution in [3.63, 3.8) is 0 Å². The van der Waals surface area contributed by atoms with Crippen LogP contribution in [0.25, 0.3) is 0 Å². The average Bonchev–Trinajstić information content (AvgIpc) is 2.68. The van der Waals surface area contributed by atoms with E-state index < -0.39 is 0 Å². The quantitative estimate of drug-likeness (QED) is 0.765. The molecule has 1 atom stereocenters. The topological polar surface area (TPSA) is 79.9 Å². The molecule has 7 heteroatoms. The van der Waals surface area contributed by atoms with Crippen LogP contribution in [0, 0.1) is 5.92 Å². The van der Waals surface area contributed by atoms with E-state index in [4.69, 9.17) is 9.47 Å². The van der Waals surface area contributed by atoms with E-state index in [1.54, 1.807) is 19.1 Å². The fourth-order valence-corrected chi connectivity index (χ4v) is 3.23. The highest BCUT2D eigenvalue weighted by molar-refractivity contribution is 5.78. The SMILES string of the molecule is CCCNC(=O)N1CCc2cc(OC)c(OC)cc2[C@@H]1CNC(=O)C(C)C. The van der Waals surface area contributed by atoms with Gasteiger partial charge in [-0.15, -0.1) is 0 Å². The van der Waals surface area contributed by atoms with E-state index in [1.807, 2.05) is 32.9 Å². The lowest BCUT2D eigenvalue weighted by Gasteiger charge is -2.38. The summed E-state index contributed by atoms with van der Waals surface area (Å²) in [5.41, 5.74) is 2.09. The average molecular weight is 377 g/mol. The van der Waals surface area contributed by atoms with Gasteiger partial charge in [0.05, 0.1) is 20.3 Å². The Balaban J connectivity index is 2.35. The van der Waals surface area contributed by atoms with E-state index >= 15 is 0 Å². The second kappa shape index (κ2) is 9.48. The molecular formula is C20H31N3O4. The zero-order valence-corrected chi connectivity index (χ0v) is 16.9. The van der Waals surface area contributed by atoms with Crippen LogP contribution >= 0.6 is 0 Å². The maximum atomic E-state index is 12.7. The molecule has 0 spiro atoms. The molecule has 27 heavy (non-hydrogen) atoms. The standard InChI is InChI=1S/C20H31N3O4/c1-6-8-21-20(25)23-9-7-14-10-17(26-4)18(27-5)11-15(14)16(23)12-22-19(24)13(2)3/h10-11,13,16H,6-9,12H2,1-5H3,(H,21,25)(H,22,24)/t16-/m0/s1. The molecular weight excluding hydrogens is 346 g/mol. The van der Waals surface area contributed by atoms with Crippen LogP contribution in [0.3, 0.4) is 0 Å². The van der Waals surface area contributed by atoms with Crippen LogP contribution in [0.15, 0.2) is 12.1 Å². The van der Waals surface area contributed by atoms with Gasteiger partial charge in [-0.1, -0.05) is 20.8 Å². The molecule has 0 unspecified atom stereocenters. The maximum absolute atomic E-state index is 12.7. The van der Waals surface area contributed by atoms with Crippen molar-refractivity contribution in [1.29, 1.82) is 0 Å². The number of nitrogens with zero attached hydrogens (tertiary/aromatic N) is 1. The van der Waals surface area contributed by atoms with Crippen molar-refractivity contribution in [2.24, 2.45) is 5.92 Å². The molecule has 0 bridgehead atoms. The highest BCUT2D eigenvalue weighted by Crippen LogP contribution is 2.38. The zero-order chi connectivity index (χ0) is 20.0. The smallest absolute Gasteiger partial charge is 0.317 e. The number of nitrogens with one attached hydrogen (secondary N) is 2. The Kier molecular flexibility index (Phi) is 7.33. The minimum Gasteiger partial charge on any atom is -0.493 e. The molecule has 2 rings (SSSR count). The van der Waals surface area contributed by atoms with Gasteiger partial charge < -0.3 is 25.0 Å². The van der Waals surface area contributed by atoms with Crippen LogP contribution in [0.2, 0.25) is 0 Å². The van der Waals surface area contributed by atoms with Crippen molar-refractivity contribution >= 4 is 11.9 Å². The van der Waals surface area contributed by atoms with Gasteiger partial charge in [-0.2, -0.15) is 0 Å². The Morgan fingerprint density at radius 3 is 2.44 bits per heavy atom. The molecule has 0 radical (unpaired) electrons. The highest BCUT2D eigenvalue weighted by atomic mass is 16.5. The monoisotopic (exact) mass is 377 g/mol. The van der Waals surface area contributed by atoms with Gasteiger partial charge in [0.2, 0.25) is 5.91 Å². The molecule has 150 valence electrons. The lowest BCUT2D eigenvalue weighted by Crippen LogP contribution is -2.49. The van der Waals surface area contributed by atoms with Gasteiger partial charge in [0.25, 0.3) is 0 Å². The number of methoxy groups -OCH3 is 2. The largest absolute Gasteiger partial charge is 0.493 e. The summed E-state index contributed by atoms with van der Waals surface area (Å²) in [5, 5.41) is 5.91. The van der Waals surface area contributed by atoms with Gasteiger partial charge in [0, 0.05) is 25.6 Å². The molecule has 1 aromatic rings. The molecule has 0 fully saturated rings. The molecule has 7 nitrogen and oxygen atoms in total. The van der Waals surface area contributed by atoms with E-state index in [-0.39, 0.29) is 23.9 Å². The van der Waals surface area contributed by atoms with Gasteiger partial charge in [-0.3, -0.25) is 4.79 Å². The first-order chi connectivity index (χ1) is 12.9. The molecule has 1 aromatic carbocycles. The lowest BCUT2D eigenvalue weighted by atomic mass is 9.91. The van der Waals surface area contributed by atoms with Crippen molar-refractivity contribution in [3.05, 3.63) is 23.3 Å². The number of amides is 3. The third-order valence-electron chi connectivity index (χ3n) is 4.78. The summed E-state index contributed by atoms with van der Waals surface area (Å²) in [7, 11) is 3.20. The number of urea groups is 1. The molecule has 1 aliphatic rings. The van der Waals surface area contributed by atoms with Crippen LogP contribution in [-0.2, 0) is 11.2 Å². The van der Waals surface area contributed by atoms with Crippen LogP contribution in [0.4, 0.5) is 4.79 Å². The molecule has 1 aliphatic heterocycles. The summed E-state index contributed by atoms with van der Waals surface area (Å²) in [6, 6.07) is 3.51. The lowest BCUT2D eigenvalue weighted by molar-refractivity contribution is -0.124. The molecule has 1 heterocycles. The first kappa shape index (κ1) is 20.9. The third-order valence-corrected chi connectivity index (χ3v) is 4.78. The van der Waals surface area contributed by atoms with E-state index in [9.17, 15) is 9.59 Å². The number of hydrogen-bond donors (Lipinski definition) is 2. The number of hydrogen-bond acceptors (Lipinski definition) is 4. The Morgan fingerprint density at radius 1 is 1.19 bits per heavy atom. The van der Waals surface area contributed by atoms with Gasteiger partial charge in [-0.25, -0.2) is 4.79 Å². The van der Waals surface area contributed by atoms with E-state index in [0.717, 1.165) is 24.0 Å². The number of carbonyl (C=O) groups excluding carboxylic acids is 2. The molecule has 3 amide bonds. The summed E-state index contributed by atoms with van der Waals surface area (Å²) < 4.78 is 10.9. The summed E-state index contributed by atoms with van der Waals surface area (Å²) in [5.74, 6) is 1.15. The normalized spacial score (nSPS) is 15.9. The van der Waals surface area contributed by atoms with Crippen molar-refractivity contribution in [3.8, 4) is 11.5 Å². The highest BCUT2D eigenvalue weighted by Gasteiger charge is 2.32. The van der Waals surface area contributed by atoms with Crippen LogP contribution in [-0.4, -0.2) is 50.7 Å². The molecule has 0 aliphatic carbocycles. The number of benzene rings is 1. The van der Waals surface area contributed by atoms with Gasteiger partial charge >= 0.3 is 6.03 Å². The molecule has 2 N–H and O–H groups in total. The predicted octanol–water partition coefficient (Wildman–Crippen LogP) is 2.49. The Labute approximate surface area is 161 Å². The minimum atomic E-state index is -0.256. The first-order valence-electron chi connectivity index (χ1n) is 9.49. The molecule has 0 saturated heterocycles. The van der Waals surface area contributed by atoms with Crippen molar-refractivity contribution < 1.29 is 19.1 Å².